The maximum Gasteiger partial charge on any atom is 0.284 e. The molecule has 1 N–H and O–H groups in total. The highest BCUT2D eigenvalue weighted by Crippen LogP contribution is 2.31. The summed E-state index contributed by atoms with van der Waals surface area (Å²) in [5.41, 5.74) is 4.31. The van der Waals surface area contributed by atoms with E-state index in [1.807, 2.05) is 43.3 Å². The number of ether oxygens (including phenoxy) is 2. The summed E-state index contributed by atoms with van der Waals surface area (Å²) in [5.74, 6) is 1.91. The third-order valence-electron chi connectivity index (χ3n) is 4.25. The van der Waals surface area contributed by atoms with Gasteiger partial charge >= 0.3 is 0 Å². The maximum absolute atomic E-state index is 12.2. The Kier molecular flexibility index (Phi) is 5.04. The Hall–Kier alpha value is -3.25. The fourth-order valence-corrected chi connectivity index (χ4v) is 2.88. The fraction of sp³-hybridized carbons (Fsp3) is 0.143. The third kappa shape index (κ3) is 3.87. The standard InChI is InChI=1S/C21H17ClN2O4/c1-13-6-7-14(10-16(13)22)17-9-8-15(27-17)11-23-24-21(25)20-12-26-18-4-2-3-5-19(18)28-20/h2-11,20H,12H2,1H3,(H,24,25)/b23-11+/t20-/m1/s1. The second kappa shape index (κ2) is 7.78. The van der Waals surface area contributed by atoms with Gasteiger partial charge in [0.2, 0.25) is 6.10 Å². The van der Waals surface area contributed by atoms with E-state index >= 15 is 0 Å². The Morgan fingerprint density at radius 2 is 2.00 bits per heavy atom. The Labute approximate surface area is 166 Å². The van der Waals surface area contributed by atoms with Crippen molar-refractivity contribution in [3.63, 3.8) is 0 Å². The third-order valence-corrected chi connectivity index (χ3v) is 4.66. The number of amides is 1. The molecule has 7 heteroatoms. The van der Waals surface area contributed by atoms with E-state index in [4.69, 9.17) is 25.5 Å². The summed E-state index contributed by atoms with van der Waals surface area (Å²) in [5, 5.41) is 4.61. The van der Waals surface area contributed by atoms with E-state index in [0.29, 0.717) is 28.0 Å². The second-order valence-corrected chi connectivity index (χ2v) is 6.67. The summed E-state index contributed by atoms with van der Waals surface area (Å²) in [6, 6.07) is 16.5. The van der Waals surface area contributed by atoms with Crippen molar-refractivity contribution in [2.24, 2.45) is 5.10 Å². The largest absolute Gasteiger partial charge is 0.485 e. The van der Waals surface area contributed by atoms with Gasteiger partial charge in [0.15, 0.2) is 11.5 Å². The van der Waals surface area contributed by atoms with Crippen molar-refractivity contribution in [1.29, 1.82) is 0 Å². The van der Waals surface area contributed by atoms with Crippen LogP contribution in [0.3, 0.4) is 0 Å². The zero-order valence-corrected chi connectivity index (χ0v) is 15.8. The molecule has 1 atom stereocenters. The minimum absolute atomic E-state index is 0.122. The highest BCUT2D eigenvalue weighted by molar-refractivity contribution is 6.31. The van der Waals surface area contributed by atoms with Crippen molar-refractivity contribution in [2.45, 2.75) is 13.0 Å². The molecule has 142 valence electrons. The number of hydrogen-bond donors (Lipinski definition) is 1. The van der Waals surface area contributed by atoms with Crippen molar-refractivity contribution in [2.75, 3.05) is 6.61 Å². The highest BCUT2D eigenvalue weighted by atomic mass is 35.5. The van der Waals surface area contributed by atoms with Gasteiger partial charge in [0, 0.05) is 10.6 Å². The van der Waals surface area contributed by atoms with Crippen LogP contribution in [-0.2, 0) is 4.79 Å². The summed E-state index contributed by atoms with van der Waals surface area (Å²) in [6.45, 7) is 2.06. The molecule has 1 aliphatic heterocycles. The average molecular weight is 397 g/mol. The first-order chi connectivity index (χ1) is 13.6. The molecule has 0 bridgehead atoms. The molecule has 28 heavy (non-hydrogen) atoms. The van der Waals surface area contributed by atoms with Gasteiger partial charge < -0.3 is 13.9 Å². The molecule has 0 spiro atoms. The van der Waals surface area contributed by atoms with Crippen molar-refractivity contribution in [1.82, 2.24) is 5.43 Å². The lowest BCUT2D eigenvalue weighted by atomic mass is 10.1. The summed E-state index contributed by atoms with van der Waals surface area (Å²) in [4.78, 5) is 12.2. The minimum Gasteiger partial charge on any atom is -0.485 e. The Bertz CT molecular complexity index is 1040. The quantitative estimate of drug-likeness (QED) is 0.530. The van der Waals surface area contributed by atoms with Crippen LogP contribution in [0.4, 0.5) is 0 Å². The monoisotopic (exact) mass is 396 g/mol. The number of furan rings is 1. The van der Waals surface area contributed by atoms with Gasteiger partial charge in [0.1, 0.15) is 18.1 Å². The predicted molar refractivity (Wildman–Crippen MR) is 106 cm³/mol. The lowest BCUT2D eigenvalue weighted by Gasteiger charge is -2.24. The SMILES string of the molecule is Cc1ccc(-c2ccc(/C=N/NC(=O)[C@H]3COc4ccccc4O3)o2)cc1Cl. The van der Waals surface area contributed by atoms with Crippen LogP contribution in [0.2, 0.25) is 5.02 Å². The number of benzene rings is 2. The number of rotatable bonds is 4. The Balaban J connectivity index is 1.37. The van der Waals surface area contributed by atoms with Crippen LogP contribution in [0.5, 0.6) is 11.5 Å². The molecule has 0 unspecified atom stereocenters. The number of aryl methyl sites for hydroxylation is 1. The molecule has 0 saturated heterocycles. The van der Waals surface area contributed by atoms with Gasteiger partial charge in [-0.2, -0.15) is 5.10 Å². The number of hydrazone groups is 1. The van der Waals surface area contributed by atoms with Crippen LogP contribution in [0.15, 0.2) is 64.1 Å². The normalized spacial score (nSPS) is 15.6. The predicted octanol–water partition coefficient (Wildman–Crippen LogP) is 4.20. The van der Waals surface area contributed by atoms with Crippen LogP contribution in [0.1, 0.15) is 11.3 Å². The number of halogens is 1. The van der Waals surface area contributed by atoms with Crippen molar-refractivity contribution < 1.29 is 18.7 Å². The van der Waals surface area contributed by atoms with Gasteiger partial charge in [0.05, 0.1) is 6.21 Å². The zero-order chi connectivity index (χ0) is 19.5. The van der Waals surface area contributed by atoms with Crippen molar-refractivity contribution in [3.8, 4) is 22.8 Å². The van der Waals surface area contributed by atoms with Gasteiger partial charge in [-0.05, 0) is 42.8 Å². The van der Waals surface area contributed by atoms with E-state index < -0.39 is 12.0 Å². The van der Waals surface area contributed by atoms with Gasteiger partial charge in [-0.15, -0.1) is 0 Å². The number of fused-ring (bicyclic) bond motifs is 1. The van der Waals surface area contributed by atoms with E-state index in [1.165, 1.54) is 6.21 Å². The molecule has 0 radical (unpaired) electrons. The average Bonchev–Trinajstić information content (AvgIpc) is 3.18. The number of para-hydroxylation sites is 2. The summed E-state index contributed by atoms with van der Waals surface area (Å²) in [7, 11) is 0. The molecule has 4 rings (SSSR count). The number of nitrogens with one attached hydrogen (secondary N) is 1. The summed E-state index contributed by atoms with van der Waals surface area (Å²) >= 11 is 6.16. The summed E-state index contributed by atoms with van der Waals surface area (Å²) < 4.78 is 16.9. The molecule has 0 fully saturated rings. The van der Waals surface area contributed by atoms with Crippen LogP contribution >= 0.6 is 11.6 Å². The molecule has 6 nitrogen and oxygen atoms in total. The van der Waals surface area contributed by atoms with E-state index in [-0.39, 0.29) is 6.61 Å². The maximum atomic E-state index is 12.2. The molecule has 1 amide bonds. The Morgan fingerprint density at radius 1 is 1.18 bits per heavy atom. The topological polar surface area (TPSA) is 73.1 Å². The molecule has 1 aromatic heterocycles. The lowest BCUT2D eigenvalue weighted by molar-refractivity contribution is -0.130. The van der Waals surface area contributed by atoms with Crippen molar-refractivity contribution in [3.05, 3.63) is 70.9 Å². The van der Waals surface area contributed by atoms with E-state index in [9.17, 15) is 4.79 Å². The van der Waals surface area contributed by atoms with Gasteiger partial charge in [-0.3, -0.25) is 4.79 Å². The first kappa shape index (κ1) is 18.1. The number of hydrogen-bond acceptors (Lipinski definition) is 5. The molecule has 3 aromatic rings. The fourth-order valence-electron chi connectivity index (χ4n) is 2.70. The number of carbonyl (C=O) groups excluding carboxylic acids is 1. The minimum atomic E-state index is -0.770. The van der Waals surface area contributed by atoms with Gasteiger partial charge in [0.25, 0.3) is 5.91 Å². The molecule has 0 aliphatic carbocycles. The first-order valence-corrected chi connectivity index (χ1v) is 9.06. The van der Waals surface area contributed by atoms with Crippen LogP contribution in [-0.4, -0.2) is 24.8 Å². The van der Waals surface area contributed by atoms with Crippen molar-refractivity contribution >= 4 is 23.7 Å². The molecule has 2 aromatic carbocycles. The smallest absolute Gasteiger partial charge is 0.284 e. The molecule has 0 saturated carbocycles. The van der Waals surface area contributed by atoms with Crippen LogP contribution in [0, 0.1) is 6.92 Å². The molecule has 2 heterocycles. The second-order valence-electron chi connectivity index (χ2n) is 6.26. The number of carbonyl (C=O) groups is 1. The highest BCUT2D eigenvalue weighted by Gasteiger charge is 2.27. The lowest BCUT2D eigenvalue weighted by Crippen LogP contribution is -2.42. The Morgan fingerprint density at radius 3 is 2.82 bits per heavy atom. The molecular weight excluding hydrogens is 380 g/mol. The molecule has 1 aliphatic rings. The van der Waals surface area contributed by atoms with Crippen LogP contribution in [0.25, 0.3) is 11.3 Å². The van der Waals surface area contributed by atoms with Gasteiger partial charge in [-0.25, -0.2) is 5.43 Å². The van der Waals surface area contributed by atoms with E-state index in [0.717, 1.165) is 11.1 Å². The van der Waals surface area contributed by atoms with E-state index in [2.05, 4.69) is 10.5 Å². The molecular formula is C21H17ClN2O4. The zero-order valence-electron chi connectivity index (χ0n) is 15.0. The number of nitrogens with zero attached hydrogens (tertiary/aromatic N) is 1. The summed E-state index contributed by atoms with van der Waals surface area (Å²) in [6.07, 6.45) is 0.656. The van der Waals surface area contributed by atoms with E-state index in [1.54, 1.807) is 18.2 Å². The van der Waals surface area contributed by atoms with Gasteiger partial charge in [-0.1, -0.05) is 35.9 Å². The first-order valence-electron chi connectivity index (χ1n) is 8.68. The van der Waals surface area contributed by atoms with Crippen LogP contribution < -0.4 is 14.9 Å².